The number of nitrogens with one attached hydrogen (secondary N) is 1. The molecule has 0 aliphatic carbocycles. The van der Waals surface area contributed by atoms with Crippen LogP contribution in [0.2, 0.25) is 0 Å². The van der Waals surface area contributed by atoms with E-state index in [-0.39, 0.29) is 24.3 Å². The van der Waals surface area contributed by atoms with Gasteiger partial charge in [-0.1, -0.05) is 30.3 Å². The van der Waals surface area contributed by atoms with Crippen LogP contribution in [-0.4, -0.2) is 36.3 Å². The molecule has 1 rings (SSSR count). The molecule has 0 spiro atoms. The number of carbonyl (C=O) groups excluding carboxylic acids is 2. The highest BCUT2D eigenvalue weighted by Gasteiger charge is 2.13. The Kier molecular flexibility index (Phi) is 7.46. The van der Waals surface area contributed by atoms with Crippen molar-refractivity contribution in [3.8, 4) is 0 Å². The summed E-state index contributed by atoms with van der Waals surface area (Å²) in [5.41, 5.74) is 6.92. The number of hydrogen-bond acceptors (Lipinski definition) is 3. The fourth-order valence-corrected chi connectivity index (χ4v) is 2.13. The summed E-state index contributed by atoms with van der Waals surface area (Å²) in [6.45, 7) is 5.64. The van der Waals surface area contributed by atoms with E-state index in [1.807, 2.05) is 44.2 Å². The molecule has 0 aromatic heterocycles. The van der Waals surface area contributed by atoms with Gasteiger partial charge in [-0.3, -0.25) is 9.59 Å². The molecule has 0 aliphatic rings. The van der Waals surface area contributed by atoms with Gasteiger partial charge in [-0.05, 0) is 19.4 Å². The molecular formula is C16H25N3O2. The summed E-state index contributed by atoms with van der Waals surface area (Å²) < 4.78 is 0. The lowest BCUT2D eigenvalue weighted by Gasteiger charge is -2.18. The molecule has 0 aliphatic heterocycles. The largest absolute Gasteiger partial charge is 0.356 e. The zero-order valence-electron chi connectivity index (χ0n) is 12.8. The molecule has 0 fully saturated rings. The maximum atomic E-state index is 11.8. The lowest BCUT2D eigenvalue weighted by Crippen LogP contribution is -2.35. The molecule has 0 saturated carbocycles. The first-order valence-electron chi connectivity index (χ1n) is 7.43. The minimum Gasteiger partial charge on any atom is -0.356 e. The van der Waals surface area contributed by atoms with Gasteiger partial charge in [-0.25, -0.2) is 0 Å². The molecule has 116 valence electrons. The van der Waals surface area contributed by atoms with Crippen molar-refractivity contribution >= 4 is 11.8 Å². The van der Waals surface area contributed by atoms with E-state index in [4.69, 9.17) is 5.73 Å². The van der Waals surface area contributed by atoms with Crippen molar-refractivity contribution in [3.05, 3.63) is 35.9 Å². The van der Waals surface area contributed by atoms with E-state index < -0.39 is 0 Å². The van der Waals surface area contributed by atoms with Gasteiger partial charge in [-0.15, -0.1) is 0 Å². The molecule has 1 atom stereocenters. The van der Waals surface area contributed by atoms with Gasteiger partial charge in [0.2, 0.25) is 11.8 Å². The van der Waals surface area contributed by atoms with Gasteiger partial charge in [0.15, 0.2) is 0 Å². The minimum atomic E-state index is -0.315. The van der Waals surface area contributed by atoms with Gasteiger partial charge < -0.3 is 16.0 Å². The van der Waals surface area contributed by atoms with Crippen molar-refractivity contribution in [2.75, 3.05) is 19.6 Å². The molecule has 0 radical (unpaired) electrons. The number of rotatable bonds is 8. The summed E-state index contributed by atoms with van der Waals surface area (Å²) >= 11 is 0. The van der Waals surface area contributed by atoms with Crippen molar-refractivity contribution in [3.63, 3.8) is 0 Å². The Morgan fingerprint density at radius 1 is 1.19 bits per heavy atom. The zero-order valence-corrected chi connectivity index (χ0v) is 12.8. The number of carbonyl (C=O) groups is 2. The van der Waals surface area contributed by atoms with Crippen LogP contribution in [0.4, 0.5) is 0 Å². The Bertz CT molecular complexity index is 444. The average molecular weight is 291 g/mol. The summed E-state index contributed by atoms with van der Waals surface area (Å²) in [5.74, 6) is -0.0636. The fraction of sp³-hybridized carbons (Fsp3) is 0.500. The second-order valence-corrected chi connectivity index (χ2v) is 4.89. The number of benzene rings is 1. The molecule has 2 amide bonds. The van der Waals surface area contributed by atoms with E-state index in [1.165, 1.54) is 0 Å². The Labute approximate surface area is 126 Å². The second kappa shape index (κ2) is 9.13. The first-order valence-corrected chi connectivity index (χ1v) is 7.43. The van der Waals surface area contributed by atoms with E-state index in [0.29, 0.717) is 26.1 Å². The van der Waals surface area contributed by atoms with Crippen LogP contribution in [0.5, 0.6) is 0 Å². The molecule has 0 bridgehead atoms. The van der Waals surface area contributed by atoms with Gasteiger partial charge >= 0.3 is 0 Å². The smallest absolute Gasteiger partial charge is 0.224 e. The predicted octanol–water partition coefficient (Wildman–Crippen LogP) is 1.45. The lowest BCUT2D eigenvalue weighted by atomic mass is 10.0. The van der Waals surface area contributed by atoms with E-state index in [2.05, 4.69) is 5.32 Å². The first-order chi connectivity index (χ1) is 10.1. The van der Waals surface area contributed by atoms with E-state index >= 15 is 0 Å². The summed E-state index contributed by atoms with van der Waals surface area (Å²) in [6, 6.07) is 9.20. The molecule has 1 aromatic rings. The Hall–Kier alpha value is -1.88. The van der Waals surface area contributed by atoms with E-state index in [9.17, 15) is 9.59 Å². The van der Waals surface area contributed by atoms with Crippen molar-refractivity contribution in [1.82, 2.24) is 10.2 Å². The summed E-state index contributed by atoms with van der Waals surface area (Å²) in [7, 11) is 0. The van der Waals surface area contributed by atoms with Crippen LogP contribution in [0.15, 0.2) is 30.3 Å². The average Bonchev–Trinajstić information content (AvgIpc) is 2.49. The van der Waals surface area contributed by atoms with Crippen molar-refractivity contribution < 1.29 is 9.59 Å². The van der Waals surface area contributed by atoms with Crippen LogP contribution in [0.1, 0.15) is 38.3 Å². The summed E-state index contributed by atoms with van der Waals surface area (Å²) in [4.78, 5) is 25.3. The van der Waals surface area contributed by atoms with Crippen LogP contribution in [-0.2, 0) is 9.59 Å². The summed E-state index contributed by atoms with van der Waals surface area (Å²) in [5, 5.41) is 2.75. The highest BCUT2D eigenvalue weighted by molar-refractivity contribution is 5.79. The van der Waals surface area contributed by atoms with Crippen LogP contribution < -0.4 is 11.1 Å². The highest BCUT2D eigenvalue weighted by Crippen LogP contribution is 2.12. The third-order valence-electron chi connectivity index (χ3n) is 3.41. The molecule has 0 saturated heterocycles. The molecule has 5 heteroatoms. The van der Waals surface area contributed by atoms with Crippen LogP contribution >= 0.6 is 0 Å². The van der Waals surface area contributed by atoms with E-state index in [1.54, 1.807) is 4.90 Å². The standard InChI is InChI=1S/C16H25N3O2/c1-3-19(4-2)16(21)10-11-18-15(20)12-14(17)13-8-6-5-7-9-13/h5-9,14H,3-4,10-12,17H2,1-2H3,(H,18,20). The molecule has 1 aromatic carbocycles. The quantitative estimate of drug-likeness (QED) is 0.761. The van der Waals surface area contributed by atoms with Crippen molar-refractivity contribution in [1.29, 1.82) is 0 Å². The fourth-order valence-electron chi connectivity index (χ4n) is 2.13. The SMILES string of the molecule is CCN(CC)C(=O)CCNC(=O)CC(N)c1ccccc1. The Balaban J connectivity index is 2.30. The van der Waals surface area contributed by atoms with Gasteiger partial charge in [0.1, 0.15) is 0 Å². The van der Waals surface area contributed by atoms with E-state index in [0.717, 1.165) is 5.56 Å². The predicted molar refractivity (Wildman–Crippen MR) is 83.5 cm³/mol. The van der Waals surface area contributed by atoms with Crippen molar-refractivity contribution in [2.24, 2.45) is 5.73 Å². The molecular weight excluding hydrogens is 266 g/mol. The van der Waals surface area contributed by atoms with Crippen LogP contribution in [0, 0.1) is 0 Å². The molecule has 5 nitrogen and oxygen atoms in total. The highest BCUT2D eigenvalue weighted by atomic mass is 16.2. The Morgan fingerprint density at radius 2 is 1.81 bits per heavy atom. The van der Waals surface area contributed by atoms with Crippen molar-refractivity contribution in [2.45, 2.75) is 32.7 Å². The zero-order chi connectivity index (χ0) is 15.7. The molecule has 21 heavy (non-hydrogen) atoms. The van der Waals surface area contributed by atoms with Crippen LogP contribution in [0.25, 0.3) is 0 Å². The maximum absolute atomic E-state index is 11.8. The number of amides is 2. The molecule has 3 N–H and O–H groups in total. The molecule has 1 unspecified atom stereocenters. The van der Waals surface area contributed by atoms with Gasteiger partial charge in [0.05, 0.1) is 0 Å². The minimum absolute atomic E-state index is 0.0626. The Morgan fingerprint density at radius 3 is 2.38 bits per heavy atom. The third-order valence-corrected chi connectivity index (χ3v) is 3.41. The monoisotopic (exact) mass is 291 g/mol. The normalized spacial score (nSPS) is 11.8. The topological polar surface area (TPSA) is 75.4 Å². The first kappa shape index (κ1) is 17.2. The number of nitrogens with zero attached hydrogens (tertiary/aromatic N) is 1. The number of hydrogen-bond donors (Lipinski definition) is 2. The third kappa shape index (κ3) is 5.95. The second-order valence-electron chi connectivity index (χ2n) is 4.89. The van der Waals surface area contributed by atoms with Gasteiger partial charge in [0, 0.05) is 38.5 Å². The van der Waals surface area contributed by atoms with Gasteiger partial charge in [-0.2, -0.15) is 0 Å². The molecule has 0 heterocycles. The van der Waals surface area contributed by atoms with Crippen LogP contribution in [0.3, 0.4) is 0 Å². The van der Waals surface area contributed by atoms with Gasteiger partial charge in [0.25, 0.3) is 0 Å². The lowest BCUT2D eigenvalue weighted by molar-refractivity contribution is -0.130. The maximum Gasteiger partial charge on any atom is 0.224 e. The number of nitrogens with two attached hydrogens (primary N) is 1. The summed E-state index contributed by atoms with van der Waals surface area (Å²) in [6.07, 6.45) is 0.553.